The first-order valence-corrected chi connectivity index (χ1v) is 5.82. The Bertz CT molecular complexity index is 262. The first-order chi connectivity index (χ1) is 7.79. The van der Waals surface area contributed by atoms with Crippen molar-refractivity contribution in [2.24, 2.45) is 5.92 Å². The molecular weight excluding hydrogens is 235 g/mol. The molecule has 1 N–H and O–H groups in total. The van der Waals surface area contributed by atoms with E-state index in [2.05, 4.69) is 0 Å². The first-order valence-electron chi connectivity index (χ1n) is 5.82. The maximum absolute atomic E-state index is 12.4. The second-order valence-corrected chi connectivity index (χ2v) is 4.70. The van der Waals surface area contributed by atoms with Gasteiger partial charge in [0.1, 0.15) is 0 Å². The van der Waals surface area contributed by atoms with Crippen LogP contribution in [-0.2, 0) is 4.79 Å². The number of nitrogens with zero attached hydrogens (tertiary/aromatic N) is 1. The molecular formula is C11H18F3NO2. The molecule has 0 bridgehead atoms. The first kappa shape index (κ1) is 14.3. The van der Waals surface area contributed by atoms with Crippen molar-refractivity contribution in [1.82, 2.24) is 4.90 Å². The van der Waals surface area contributed by atoms with Crippen molar-refractivity contribution in [3.05, 3.63) is 0 Å². The predicted octanol–water partition coefficient (Wildman–Crippen LogP) is 2.51. The minimum atomic E-state index is -4.34. The van der Waals surface area contributed by atoms with Gasteiger partial charge in [0.05, 0.1) is 13.1 Å². The van der Waals surface area contributed by atoms with Gasteiger partial charge in [0, 0.05) is 6.04 Å². The van der Waals surface area contributed by atoms with E-state index in [-0.39, 0.29) is 12.0 Å². The van der Waals surface area contributed by atoms with Crippen LogP contribution in [0.3, 0.4) is 0 Å². The van der Waals surface area contributed by atoms with E-state index < -0.39 is 25.2 Å². The van der Waals surface area contributed by atoms with Crippen molar-refractivity contribution < 1.29 is 23.1 Å². The van der Waals surface area contributed by atoms with E-state index in [1.165, 1.54) is 0 Å². The van der Waals surface area contributed by atoms with Crippen LogP contribution in [-0.4, -0.2) is 41.3 Å². The average Bonchev–Trinajstić information content (AvgIpc) is 2.65. The Labute approximate surface area is 98.6 Å². The van der Waals surface area contributed by atoms with Crippen LogP contribution in [0, 0.1) is 5.92 Å². The van der Waals surface area contributed by atoms with Crippen LogP contribution in [0.1, 0.15) is 32.6 Å². The van der Waals surface area contributed by atoms with Crippen molar-refractivity contribution in [3.63, 3.8) is 0 Å². The monoisotopic (exact) mass is 253 g/mol. The minimum Gasteiger partial charge on any atom is -0.480 e. The molecule has 0 aromatic rings. The highest BCUT2D eigenvalue weighted by atomic mass is 19.4. The summed E-state index contributed by atoms with van der Waals surface area (Å²) in [6.07, 6.45) is -0.490. The molecule has 0 amide bonds. The van der Waals surface area contributed by atoms with Gasteiger partial charge in [-0.2, -0.15) is 13.2 Å². The molecule has 0 aromatic heterocycles. The Morgan fingerprint density at radius 2 is 1.94 bits per heavy atom. The molecule has 0 saturated heterocycles. The van der Waals surface area contributed by atoms with Crippen LogP contribution in [0.5, 0.6) is 0 Å². The lowest BCUT2D eigenvalue weighted by molar-refractivity contribution is -0.159. The van der Waals surface area contributed by atoms with Crippen molar-refractivity contribution in [3.8, 4) is 0 Å². The van der Waals surface area contributed by atoms with Gasteiger partial charge in [-0.05, 0) is 25.7 Å². The zero-order chi connectivity index (χ0) is 13.1. The van der Waals surface area contributed by atoms with E-state index >= 15 is 0 Å². The molecule has 6 heteroatoms. The van der Waals surface area contributed by atoms with Gasteiger partial charge in [-0.25, -0.2) is 0 Å². The molecule has 1 aliphatic rings. The Morgan fingerprint density at radius 1 is 1.41 bits per heavy atom. The Balaban J connectivity index is 2.63. The van der Waals surface area contributed by atoms with Gasteiger partial charge in [0.25, 0.3) is 0 Å². The summed E-state index contributed by atoms with van der Waals surface area (Å²) in [6.45, 7) is 0.0127. The maximum atomic E-state index is 12.4. The number of hydrogen-bond donors (Lipinski definition) is 1. The topological polar surface area (TPSA) is 40.5 Å². The molecule has 1 rings (SSSR count). The van der Waals surface area contributed by atoms with Crippen LogP contribution in [0.4, 0.5) is 13.2 Å². The van der Waals surface area contributed by atoms with Crippen LogP contribution in [0.25, 0.3) is 0 Å². The molecule has 0 spiro atoms. The molecule has 1 unspecified atom stereocenters. The van der Waals surface area contributed by atoms with Crippen molar-refractivity contribution in [2.45, 2.75) is 44.8 Å². The fourth-order valence-electron chi connectivity index (χ4n) is 2.49. The SMILES string of the molecule is CC(C1CCCC1)N(CC(=O)O)CC(F)(F)F. The fourth-order valence-corrected chi connectivity index (χ4v) is 2.49. The Kier molecular flexibility index (Phi) is 4.80. The number of carboxylic acid groups (broad SMARTS) is 1. The van der Waals surface area contributed by atoms with Gasteiger partial charge in [-0.3, -0.25) is 9.69 Å². The second kappa shape index (κ2) is 5.71. The predicted molar refractivity (Wildman–Crippen MR) is 56.7 cm³/mol. The number of hydrogen-bond acceptors (Lipinski definition) is 2. The van der Waals surface area contributed by atoms with Gasteiger partial charge < -0.3 is 5.11 Å². The molecule has 100 valence electrons. The molecule has 3 nitrogen and oxygen atoms in total. The standard InChI is InChI=1S/C11H18F3NO2/c1-8(9-4-2-3-5-9)15(6-10(16)17)7-11(12,13)14/h8-9H,2-7H2,1H3,(H,16,17). The molecule has 17 heavy (non-hydrogen) atoms. The number of carbonyl (C=O) groups is 1. The summed E-state index contributed by atoms with van der Waals surface area (Å²) in [5.74, 6) is -1.02. The normalized spacial score (nSPS) is 19.8. The third kappa shape index (κ3) is 4.93. The van der Waals surface area contributed by atoms with Crippen molar-refractivity contribution >= 4 is 5.97 Å². The lowest BCUT2D eigenvalue weighted by Crippen LogP contribution is -2.46. The lowest BCUT2D eigenvalue weighted by Gasteiger charge is -2.32. The van der Waals surface area contributed by atoms with Crippen LogP contribution in [0.2, 0.25) is 0 Å². The highest BCUT2D eigenvalue weighted by Crippen LogP contribution is 2.31. The van der Waals surface area contributed by atoms with Gasteiger partial charge in [-0.15, -0.1) is 0 Å². The summed E-state index contributed by atoms with van der Waals surface area (Å²) in [4.78, 5) is 11.6. The molecule has 0 aromatic carbocycles. The summed E-state index contributed by atoms with van der Waals surface area (Å²) < 4.78 is 37.1. The Morgan fingerprint density at radius 3 is 2.35 bits per heavy atom. The highest BCUT2D eigenvalue weighted by Gasteiger charge is 2.36. The number of rotatable bonds is 5. The van der Waals surface area contributed by atoms with E-state index in [0.29, 0.717) is 0 Å². The van der Waals surface area contributed by atoms with Crippen LogP contribution >= 0.6 is 0 Å². The zero-order valence-corrected chi connectivity index (χ0v) is 9.83. The van der Waals surface area contributed by atoms with E-state index in [1.54, 1.807) is 6.92 Å². The molecule has 1 fully saturated rings. The molecule has 1 saturated carbocycles. The third-order valence-electron chi connectivity index (χ3n) is 3.38. The minimum absolute atomic E-state index is 0.191. The molecule has 0 radical (unpaired) electrons. The molecule has 0 heterocycles. The van der Waals surface area contributed by atoms with Gasteiger partial charge in [0.15, 0.2) is 0 Å². The summed E-state index contributed by atoms with van der Waals surface area (Å²) >= 11 is 0. The maximum Gasteiger partial charge on any atom is 0.401 e. The zero-order valence-electron chi connectivity index (χ0n) is 9.83. The summed E-state index contributed by atoms with van der Waals surface area (Å²) in [6, 6.07) is -0.324. The fraction of sp³-hybridized carbons (Fsp3) is 0.909. The van der Waals surface area contributed by atoms with Crippen LogP contribution in [0.15, 0.2) is 0 Å². The molecule has 1 aliphatic carbocycles. The van der Waals surface area contributed by atoms with E-state index in [9.17, 15) is 18.0 Å². The van der Waals surface area contributed by atoms with Crippen LogP contribution < -0.4 is 0 Å². The lowest BCUT2D eigenvalue weighted by atomic mass is 9.98. The quantitative estimate of drug-likeness (QED) is 0.818. The Hall–Kier alpha value is -0.780. The number of halogens is 3. The molecule has 0 aliphatic heterocycles. The van der Waals surface area contributed by atoms with Crippen molar-refractivity contribution in [1.29, 1.82) is 0 Å². The smallest absolute Gasteiger partial charge is 0.401 e. The summed E-state index contributed by atoms with van der Waals surface area (Å²) in [7, 11) is 0. The largest absolute Gasteiger partial charge is 0.480 e. The summed E-state index contributed by atoms with van der Waals surface area (Å²) in [5, 5.41) is 8.66. The van der Waals surface area contributed by atoms with Gasteiger partial charge in [0.2, 0.25) is 0 Å². The number of aliphatic carboxylic acids is 1. The highest BCUT2D eigenvalue weighted by molar-refractivity contribution is 5.69. The summed E-state index contributed by atoms with van der Waals surface area (Å²) in [5.41, 5.74) is 0. The molecule has 1 atom stereocenters. The number of carboxylic acids is 1. The van der Waals surface area contributed by atoms with Crippen molar-refractivity contribution in [2.75, 3.05) is 13.1 Å². The average molecular weight is 253 g/mol. The van der Waals surface area contributed by atoms with E-state index in [1.807, 2.05) is 0 Å². The van der Waals surface area contributed by atoms with Gasteiger partial charge in [-0.1, -0.05) is 12.8 Å². The van der Waals surface area contributed by atoms with Gasteiger partial charge >= 0.3 is 12.1 Å². The number of alkyl halides is 3. The third-order valence-corrected chi connectivity index (χ3v) is 3.38. The van der Waals surface area contributed by atoms with E-state index in [4.69, 9.17) is 5.11 Å². The van der Waals surface area contributed by atoms with E-state index in [0.717, 1.165) is 30.6 Å². The second-order valence-electron chi connectivity index (χ2n) is 4.70.